The highest BCUT2D eigenvalue weighted by atomic mass is 19.1. The number of carbonyl (C=O) groups is 3. The molecule has 0 radical (unpaired) electrons. The molecular formula is C24H18FNO6. The van der Waals surface area contributed by atoms with E-state index in [1.165, 1.54) is 4.40 Å². The molecule has 8 heteroatoms. The number of aromatic nitrogens is 1. The summed E-state index contributed by atoms with van der Waals surface area (Å²) in [5.41, 5.74) is -0.368. The lowest BCUT2D eigenvalue weighted by Gasteiger charge is -2.14. The van der Waals surface area contributed by atoms with Crippen LogP contribution in [0.2, 0.25) is 0 Å². The van der Waals surface area contributed by atoms with Gasteiger partial charge in [-0.2, -0.15) is 0 Å². The number of hydrogen-bond donors (Lipinski definition) is 0. The number of benzene rings is 2. The molecule has 0 aliphatic heterocycles. The quantitative estimate of drug-likeness (QED) is 0.352. The number of methoxy groups -OCH3 is 3. The monoisotopic (exact) mass is 435 g/mol. The molecule has 0 saturated carbocycles. The van der Waals surface area contributed by atoms with Gasteiger partial charge in [-0.1, -0.05) is 54.6 Å². The molecule has 0 atom stereocenters. The predicted molar refractivity (Wildman–Crippen MR) is 114 cm³/mol. The molecule has 0 amide bonds. The Morgan fingerprint density at radius 1 is 0.719 bits per heavy atom. The second-order valence-electron chi connectivity index (χ2n) is 6.83. The van der Waals surface area contributed by atoms with Crippen molar-refractivity contribution in [2.24, 2.45) is 0 Å². The van der Waals surface area contributed by atoms with Crippen LogP contribution in [0.15, 0.2) is 54.6 Å². The van der Waals surface area contributed by atoms with Crippen molar-refractivity contribution in [2.75, 3.05) is 21.3 Å². The van der Waals surface area contributed by atoms with Crippen molar-refractivity contribution in [3.63, 3.8) is 0 Å². The van der Waals surface area contributed by atoms with Crippen LogP contribution in [0.4, 0.5) is 4.39 Å². The summed E-state index contributed by atoms with van der Waals surface area (Å²) in [6, 6.07) is 15.0. The third-order valence-electron chi connectivity index (χ3n) is 5.23. The van der Waals surface area contributed by atoms with Crippen molar-refractivity contribution in [3.8, 4) is 11.3 Å². The number of fused-ring (bicyclic) bond motifs is 3. The van der Waals surface area contributed by atoms with Gasteiger partial charge in [-0.15, -0.1) is 0 Å². The normalized spacial score (nSPS) is 10.9. The van der Waals surface area contributed by atoms with Gasteiger partial charge in [-0.25, -0.2) is 18.8 Å². The smallest absolute Gasteiger partial charge is 0.355 e. The highest BCUT2D eigenvalue weighted by Crippen LogP contribution is 2.38. The Morgan fingerprint density at radius 3 is 1.84 bits per heavy atom. The van der Waals surface area contributed by atoms with Crippen LogP contribution in [0.1, 0.15) is 31.2 Å². The fraction of sp³-hybridized carbons (Fsp3) is 0.125. The average molecular weight is 435 g/mol. The third kappa shape index (κ3) is 2.99. The lowest BCUT2D eigenvalue weighted by atomic mass is 10.0. The SMILES string of the molecule is COC(=O)c1c(C(=O)OC)c2c3ccccc3c(F)c(-c3ccccc3)n2c1C(=O)OC. The summed E-state index contributed by atoms with van der Waals surface area (Å²) in [5, 5.41) is 0.514. The van der Waals surface area contributed by atoms with Crippen molar-refractivity contribution in [1.29, 1.82) is 0 Å². The number of ether oxygens (including phenoxy) is 3. The van der Waals surface area contributed by atoms with E-state index in [2.05, 4.69) is 0 Å². The summed E-state index contributed by atoms with van der Waals surface area (Å²) in [7, 11) is 3.39. The Bertz CT molecular complexity index is 1390. The van der Waals surface area contributed by atoms with E-state index >= 15 is 4.39 Å². The zero-order valence-electron chi connectivity index (χ0n) is 17.5. The van der Waals surface area contributed by atoms with Gasteiger partial charge < -0.3 is 14.2 Å². The Labute approximate surface area is 181 Å². The summed E-state index contributed by atoms with van der Waals surface area (Å²) in [6.07, 6.45) is 0. The molecule has 0 fully saturated rings. The summed E-state index contributed by atoms with van der Waals surface area (Å²) < 4.78 is 31.9. The van der Waals surface area contributed by atoms with E-state index in [0.29, 0.717) is 10.9 Å². The molecule has 0 spiro atoms. The molecule has 162 valence electrons. The van der Waals surface area contributed by atoms with Crippen molar-refractivity contribution < 1.29 is 33.0 Å². The van der Waals surface area contributed by atoms with Crippen molar-refractivity contribution in [1.82, 2.24) is 4.40 Å². The second kappa shape index (κ2) is 8.14. The van der Waals surface area contributed by atoms with Gasteiger partial charge in [0, 0.05) is 16.3 Å². The highest BCUT2D eigenvalue weighted by molar-refractivity contribution is 6.19. The number of hydrogen-bond acceptors (Lipinski definition) is 6. The van der Waals surface area contributed by atoms with E-state index in [-0.39, 0.29) is 33.4 Å². The van der Waals surface area contributed by atoms with E-state index in [1.807, 2.05) is 0 Å². The van der Waals surface area contributed by atoms with E-state index in [9.17, 15) is 14.4 Å². The summed E-state index contributed by atoms with van der Waals surface area (Å²) in [4.78, 5) is 38.6. The fourth-order valence-electron chi connectivity index (χ4n) is 3.90. The van der Waals surface area contributed by atoms with Crippen LogP contribution < -0.4 is 0 Å². The van der Waals surface area contributed by atoms with Gasteiger partial charge >= 0.3 is 17.9 Å². The highest BCUT2D eigenvalue weighted by Gasteiger charge is 2.36. The van der Waals surface area contributed by atoms with Crippen molar-refractivity contribution >= 4 is 34.2 Å². The molecule has 32 heavy (non-hydrogen) atoms. The maximum Gasteiger partial charge on any atom is 0.355 e. The molecule has 7 nitrogen and oxygen atoms in total. The summed E-state index contributed by atoms with van der Waals surface area (Å²) in [5.74, 6) is -3.42. The van der Waals surface area contributed by atoms with Crippen molar-refractivity contribution in [2.45, 2.75) is 0 Å². The molecule has 2 heterocycles. The number of halogens is 1. The average Bonchev–Trinajstić information content (AvgIpc) is 3.19. The number of rotatable bonds is 4. The van der Waals surface area contributed by atoms with Crippen LogP contribution >= 0.6 is 0 Å². The van der Waals surface area contributed by atoms with Gasteiger partial charge in [0.1, 0.15) is 16.8 Å². The first-order chi connectivity index (χ1) is 15.5. The predicted octanol–water partition coefficient (Wildman–Crippen LogP) is 4.26. The first-order valence-corrected chi connectivity index (χ1v) is 9.55. The van der Waals surface area contributed by atoms with Crippen LogP contribution in [0.25, 0.3) is 27.5 Å². The second-order valence-corrected chi connectivity index (χ2v) is 6.83. The lowest BCUT2D eigenvalue weighted by molar-refractivity contribution is 0.0536. The van der Waals surface area contributed by atoms with Gasteiger partial charge in [0.2, 0.25) is 0 Å². The molecule has 4 rings (SSSR count). The van der Waals surface area contributed by atoms with Crippen LogP contribution in [0.3, 0.4) is 0 Å². The summed E-state index contributed by atoms with van der Waals surface area (Å²) >= 11 is 0. The molecule has 0 unspecified atom stereocenters. The largest absolute Gasteiger partial charge is 0.465 e. The fourth-order valence-corrected chi connectivity index (χ4v) is 3.90. The van der Waals surface area contributed by atoms with Gasteiger partial charge in [0.05, 0.1) is 32.5 Å². The minimum Gasteiger partial charge on any atom is -0.465 e. The van der Waals surface area contributed by atoms with Gasteiger partial charge in [-0.05, 0) is 0 Å². The number of esters is 3. The zero-order valence-corrected chi connectivity index (χ0v) is 17.5. The van der Waals surface area contributed by atoms with Gasteiger partial charge in [0.15, 0.2) is 5.82 Å². The minimum absolute atomic E-state index is 0.0139. The van der Waals surface area contributed by atoms with Crippen LogP contribution in [-0.4, -0.2) is 43.6 Å². The Balaban J connectivity index is 2.41. The van der Waals surface area contributed by atoms with Crippen LogP contribution in [0, 0.1) is 5.82 Å². The third-order valence-corrected chi connectivity index (χ3v) is 5.23. The van der Waals surface area contributed by atoms with E-state index in [0.717, 1.165) is 21.3 Å². The van der Waals surface area contributed by atoms with Gasteiger partial charge in [-0.3, -0.25) is 4.40 Å². The molecule has 0 aliphatic rings. The van der Waals surface area contributed by atoms with Crippen LogP contribution in [0.5, 0.6) is 0 Å². The lowest BCUT2D eigenvalue weighted by Crippen LogP contribution is -2.16. The molecule has 0 bridgehead atoms. The first-order valence-electron chi connectivity index (χ1n) is 9.55. The number of nitrogens with zero attached hydrogens (tertiary/aromatic N) is 1. The molecular weight excluding hydrogens is 417 g/mol. The summed E-state index contributed by atoms with van der Waals surface area (Å²) in [6.45, 7) is 0. The minimum atomic E-state index is -0.960. The molecule has 0 N–H and O–H groups in total. The standard InChI is InChI=1S/C24H18FNO6/c1-30-22(27)16-17(23(28)31-2)21(24(29)32-3)26-19(13-9-5-4-6-10-13)18(25)14-11-7-8-12-15(14)20(16)26/h4-12H,1-3H3. The van der Waals surface area contributed by atoms with E-state index in [1.54, 1.807) is 54.6 Å². The Hall–Kier alpha value is -4.20. The molecule has 4 aromatic rings. The Kier molecular flexibility index (Phi) is 5.36. The molecule has 0 aliphatic carbocycles. The van der Waals surface area contributed by atoms with E-state index in [4.69, 9.17) is 14.2 Å². The van der Waals surface area contributed by atoms with Gasteiger partial charge in [0.25, 0.3) is 0 Å². The molecule has 2 aromatic heterocycles. The van der Waals surface area contributed by atoms with Crippen molar-refractivity contribution in [3.05, 3.63) is 77.2 Å². The maximum atomic E-state index is 15.9. The Morgan fingerprint density at radius 2 is 1.25 bits per heavy atom. The molecule has 0 saturated heterocycles. The zero-order chi connectivity index (χ0) is 23.0. The van der Waals surface area contributed by atoms with Crippen LogP contribution in [-0.2, 0) is 14.2 Å². The topological polar surface area (TPSA) is 83.3 Å². The first kappa shape index (κ1) is 21.0. The number of carbonyl (C=O) groups excluding carboxylic acids is 3. The van der Waals surface area contributed by atoms with E-state index < -0.39 is 23.7 Å². The molecule has 2 aromatic carbocycles. The number of pyridine rings is 1. The maximum absolute atomic E-state index is 15.9.